The molecule has 0 bridgehead atoms. The largest absolute Gasteiger partial charge is 0.487 e. The molecule has 1 aliphatic rings. The Morgan fingerprint density at radius 1 is 1.36 bits per heavy atom. The fraction of sp³-hybridized carbons (Fsp3) is 0.500. The first kappa shape index (κ1) is 15.7. The third-order valence-electron chi connectivity index (χ3n) is 3.93. The Morgan fingerprint density at radius 3 is 2.82 bits per heavy atom. The van der Waals surface area contributed by atoms with Crippen molar-refractivity contribution in [3.63, 3.8) is 0 Å². The van der Waals surface area contributed by atoms with Gasteiger partial charge in [0.2, 0.25) is 0 Å². The Labute approximate surface area is 139 Å². The molecule has 118 valence electrons. The molecule has 2 aromatic rings. The summed E-state index contributed by atoms with van der Waals surface area (Å²) < 4.78 is 6.67. The smallest absolute Gasteiger partial charge is 0.170 e. The maximum absolute atomic E-state index is 9.40. The third-order valence-corrected chi connectivity index (χ3v) is 5.23. The van der Waals surface area contributed by atoms with E-state index in [2.05, 4.69) is 9.97 Å². The van der Waals surface area contributed by atoms with Crippen molar-refractivity contribution in [2.45, 2.75) is 51.7 Å². The topological polar surface area (TPSA) is 55.2 Å². The number of thiophene rings is 1. The van der Waals surface area contributed by atoms with Gasteiger partial charge >= 0.3 is 0 Å². The molecule has 0 atom stereocenters. The van der Waals surface area contributed by atoms with Gasteiger partial charge in [0.15, 0.2) is 11.6 Å². The van der Waals surface area contributed by atoms with Crippen LogP contribution in [-0.4, -0.2) is 21.2 Å². The molecule has 3 rings (SSSR count). The van der Waals surface area contributed by atoms with Crippen LogP contribution in [0.15, 0.2) is 12.3 Å². The minimum absolute atomic E-state index is 0.0682. The molecule has 0 saturated heterocycles. The van der Waals surface area contributed by atoms with Crippen molar-refractivity contribution in [2.24, 2.45) is 0 Å². The van der Waals surface area contributed by atoms with E-state index in [-0.39, 0.29) is 12.7 Å². The highest BCUT2D eigenvalue weighted by atomic mass is 35.5. The molecule has 0 aromatic carbocycles. The van der Waals surface area contributed by atoms with Gasteiger partial charge < -0.3 is 9.84 Å². The molecule has 1 aliphatic carbocycles. The van der Waals surface area contributed by atoms with E-state index in [1.165, 1.54) is 30.6 Å². The second-order valence-corrected chi connectivity index (χ2v) is 7.27. The van der Waals surface area contributed by atoms with E-state index in [9.17, 15) is 5.11 Å². The summed E-state index contributed by atoms with van der Waals surface area (Å²) in [5.74, 6) is 1.35. The number of aliphatic hydroxyl groups is 1. The van der Waals surface area contributed by atoms with E-state index in [0.29, 0.717) is 10.2 Å². The molecule has 22 heavy (non-hydrogen) atoms. The number of aryl methyl sites for hydroxylation is 1. The van der Waals surface area contributed by atoms with Crippen LogP contribution < -0.4 is 4.74 Å². The summed E-state index contributed by atoms with van der Waals surface area (Å²) in [6.07, 6.45) is 8.00. The highest BCUT2D eigenvalue weighted by molar-refractivity contribution is 7.19. The van der Waals surface area contributed by atoms with Gasteiger partial charge in [-0.3, -0.25) is 0 Å². The fourth-order valence-electron chi connectivity index (χ4n) is 2.75. The van der Waals surface area contributed by atoms with Crippen LogP contribution in [0, 0.1) is 6.92 Å². The molecule has 0 radical (unpaired) electrons. The Hall–Kier alpha value is -1.17. The minimum Gasteiger partial charge on any atom is -0.487 e. The van der Waals surface area contributed by atoms with Crippen molar-refractivity contribution in [1.29, 1.82) is 0 Å². The van der Waals surface area contributed by atoms with E-state index >= 15 is 0 Å². The second-order valence-electron chi connectivity index (χ2n) is 5.58. The number of hydrogen-bond acceptors (Lipinski definition) is 5. The van der Waals surface area contributed by atoms with Crippen LogP contribution in [0.4, 0.5) is 0 Å². The number of ether oxygens (including phenoxy) is 1. The zero-order valence-electron chi connectivity index (χ0n) is 12.5. The predicted molar refractivity (Wildman–Crippen MR) is 88.5 cm³/mol. The van der Waals surface area contributed by atoms with Crippen molar-refractivity contribution in [2.75, 3.05) is 0 Å². The van der Waals surface area contributed by atoms with Crippen molar-refractivity contribution in [1.82, 2.24) is 9.97 Å². The van der Waals surface area contributed by atoms with Crippen LogP contribution >= 0.6 is 22.9 Å². The lowest BCUT2D eigenvalue weighted by Crippen LogP contribution is -2.20. The summed E-state index contributed by atoms with van der Waals surface area (Å²) in [4.78, 5) is 9.76. The molecule has 1 N–H and O–H groups in total. The zero-order chi connectivity index (χ0) is 15.5. The quantitative estimate of drug-likeness (QED) is 0.899. The molecule has 0 spiro atoms. The van der Waals surface area contributed by atoms with Gasteiger partial charge in [-0.05, 0) is 38.7 Å². The monoisotopic (exact) mass is 338 g/mol. The van der Waals surface area contributed by atoms with E-state index in [1.807, 2.05) is 6.92 Å². The van der Waals surface area contributed by atoms with Gasteiger partial charge in [-0.25, -0.2) is 9.97 Å². The number of aromatic nitrogens is 2. The van der Waals surface area contributed by atoms with Crippen molar-refractivity contribution in [3.8, 4) is 16.5 Å². The minimum atomic E-state index is -0.0682. The molecule has 4 nitrogen and oxygen atoms in total. The molecule has 2 aromatic heterocycles. The Kier molecular flexibility index (Phi) is 4.96. The number of hydrogen-bond donors (Lipinski definition) is 1. The molecule has 1 fully saturated rings. The van der Waals surface area contributed by atoms with Crippen LogP contribution in [0.5, 0.6) is 5.75 Å². The first-order valence-corrected chi connectivity index (χ1v) is 8.76. The van der Waals surface area contributed by atoms with Crippen molar-refractivity contribution < 1.29 is 9.84 Å². The third kappa shape index (κ3) is 3.42. The van der Waals surface area contributed by atoms with Crippen molar-refractivity contribution >= 4 is 22.9 Å². The molecule has 2 heterocycles. The fourth-order valence-corrected chi connectivity index (χ4v) is 3.95. The Morgan fingerprint density at radius 2 is 2.14 bits per heavy atom. The maximum atomic E-state index is 9.40. The zero-order valence-corrected chi connectivity index (χ0v) is 14.1. The van der Waals surface area contributed by atoms with Crippen molar-refractivity contribution in [3.05, 3.63) is 27.9 Å². The number of nitrogens with zero attached hydrogens (tertiary/aromatic N) is 2. The van der Waals surface area contributed by atoms with Crippen LogP contribution in [0.3, 0.4) is 0 Å². The Bertz CT molecular complexity index is 654. The van der Waals surface area contributed by atoms with Gasteiger partial charge in [0.25, 0.3) is 0 Å². The SMILES string of the molecule is Cc1nc(-c2sc(Cl)cc2CO)ncc1OC1CCCCC1. The van der Waals surface area contributed by atoms with E-state index in [4.69, 9.17) is 16.3 Å². The maximum Gasteiger partial charge on any atom is 0.170 e. The van der Waals surface area contributed by atoms with E-state index in [0.717, 1.165) is 34.7 Å². The first-order valence-electron chi connectivity index (χ1n) is 7.57. The highest BCUT2D eigenvalue weighted by Gasteiger charge is 2.18. The van der Waals surface area contributed by atoms with Gasteiger partial charge in [-0.1, -0.05) is 18.0 Å². The number of aliphatic hydroxyl groups excluding tert-OH is 1. The molecular formula is C16H19ClN2O2S. The lowest BCUT2D eigenvalue weighted by Gasteiger charge is -2.23. The highest BCUT2D eigenvalue weighted by Crippen LogP contribution is 2.34. The van der Waals surface area contributed by atoms with E-state index < -0.39 is 0 Å². The first-order chi connectivity index (χ1) is 10.7. The summed E-state index contributed by atoms with van der Waals surface area (Å²) in [6, 6.07) is 1.76. The molecule has 0 amide bonds. The normalized spacial score (nSPS) is 16.0. The summed E-state index contributed by atoms with van der Waals surface area (Å²) in [7, 11) is 0. The van der Waals surface area contributed by atoms with Crippen LogP contribution in [0.25, 0.3) is 10.7 Å². The Balaban J connectivity index is 1.82. The molecule has 6 heteroatoms. The van der Waals surface area contributed by atoms with Crippen LogP contribution in [-0.2, 0) is 6.61 Å². The number of halogens is 1. The molecular weight excluding hydrogens is 320 g/mol. The predicted octanol–water partition coefficient (Wildman–Crippen LogP) is 4.37. The lowest BCUT2D eigenvalue weighted by atomic mass is 9.98. The summed E-state index contributed by atoms with van der Waals surface area (Å²) in [5.41, 5.74) is 1.58. The van der Waals surface area contributed by atoms with Gasteiger partial charge in [-0.15, -0.1) is 11.3 Å². The molecule has 0 unspecified atom stereocenters. The number of rotatable bonds is 4. The summed E-state index contributed by atoms with van der Waals surface area (Å²) in [6.45, 7) is 1.86. The van der Waals surface area contributed by atoms with Gasteiger partial charge in [0.1, 0.15) is 0 Å². The van der Waals surface area contributed by atoms with Crippen LogP contribution in [0.1, 0.15) is 43.4 Å². The average molecular weight is 339 g/mol. The second kappa shape index (κ2) is 6.94. The van der Waals surface area contributed by atoms with Gasteiger partial charge in [0.05, 0.1) is 33.8 Å². The summed E-state index contributed by atoms with van der Waals surface area (Å²) >= 11 is 7.40. The molecule has 0 aliphatic heterocycles. The summed E-state index contributed by atoms with van der Waals surface area (Å²) in [5, 5.41) is 9.40. The van der Waals surface area contributed by atoms with Gasteiger partial charge in [-0.2, -0.15) is 0 Å². The standard InChI is InChI=1S/C16H19ClN2O2S/c1-10-13(21-12-5-3-2-4-6-12)8-18-16(19-10)15-11(9-20)7-14(17)22-15/h7-8,12,20H,2-6,9H2,1H3. The average Bonchev–Trinajstić information content (AvgIpc) is 2.91. The van der Waals surface area contributed by atoms with Crippen LogP contribution in [0.2, 0.25) is 4.34 Å². The molecule has 1 saturated carbocycles. The lowest BCUT2D eigenvalue weighted by molar-refractivity contribution is 0.152. The van der Waals surface area contributed by atoms with E-state index in [1.54, 1.807) is 12.3 Å². The van der Waals surface area contributed by atoms with Gasteiger partial charge in [0, 0.05) is 5.56 Å².